The van der Waals surface area contributed by atoms with E-state index in [-0.39, 0.29) is 11.2 Å². The smallest absolute Gasteiger partial charge is 0.123 e. The van der Waals surface area contributed by atoms with Crippen LogP contribution in [0, 0.1) is 5.82 Å². The van der Waals surface area contributed by atoms with Gasteiger partial charge in [-0.05, 0) is 36.7 Å². The van der Waals surface area contributed by atoms with Crippen LogP contribution in [0.1, 0.15) is 12.0 Å². The number of halogens is 1. The standard InChI is InChI=1S/C18H17FN2/c19-16-4-1-3-14(11-16)17-6-5-15(12-20-17)18-7-2-9-21(13-18)10-8-18/h1-7,11-12H,8-10,13H2. The molecular weight excluding hydrogens is 263 g/mol. The predicted molar refractivity (Wildman–Crippen MR) is 81.5 cm³/mol. The Hall–Kier alpha value is -2.00. The first-order valence-corrected chi connectivity index (χ1v) is 7.38. The molecule has 0 radical (unpaired) electrons. The summed E-state index contributed by atoms with van der Waals surface area (Å²) in [6.07, 6.45) is 7.72. The molecule has 2 aliphatic heterocycles. The molecule has 2 bridgehead atoms. The highest BCUT2D eigenvalue weighted by Crippen LogP contribution is 2.38. The number of rotatable bonds is 2. The molecule has 3 heterocycles. The summed E-state index contributed by atoms with van der Waals surface area (Å²) in [6.45, 7) is 3.31. The first kappa shape index (κ1) is 12.7. The van der Waals surface area contributed by atoms with Crippen molar-refractivity contribution in [2.24, 2.45) is 0 Å². The molecule has 0 amide bonds. The van der Waals surface area contributed by atoms with E-state index in [1.165, 1.54) is 17.7 Å². The van der Waals surface area contributed by atoms with Gasteiger partial charge < -0.3 is 0 Å². The van der Waals surface area contributed by atoms with Crippen LogP contribution < -0.4 is 0 Å². The number of benzene rings is 1. The Balaban J connectivity index is 1.68. The summed E-state index contributed by atoms with van der Waals surface area (Å²) >= 11 is 0. The first-order chi connectivity index (χ1) is 10.3. The quantitative estimate of drug-likeness (QED) is 0.784. The van der Waals surface area contributed by atoms with Gasteiger partial charge in [0.1, 0.15) is 5.82 Å². The fourth-order valence-electron chi connectivity index (χ4n) is 3.47. The highest BCUT2D eigenvalue weighted by Gasteiger charge is 2.39. The Morgan fingerprint density at radius 2 is 2.14 bits per heavy atom. The second kappa shape index (κ2) is 4.78. The van der Waals surface area contributed by atoms with Gasteiger partial charge in [0, 0.05) is 30.3 Å². The summed E-state index contributed by atoms with van der Waals surface area (Å²) in [7, 11) is 0. The molecule has 21 heavy (non-hydrogen) atoms. The molecular formula is C18H17FN2. The van der Waals surface area contributed by atoms with Crippen molar-refractivity contribution in [2.75, 3.05) is 19.6 Å². The molecule has 4 rings (SSSR count). The Morgan fingerprint density at radius 1 is 1.19 bits per heavy atom. The molecule has 2 aromatic rings. The number of hydrogen-bond donors (Lipinski definition) is 0. The SMILES string of the molecule is Fc1cccc(-c2ccc(C34C=CCN(CC3)C4)cn2)c1. The second-order valence-electron chi connectivity index (χ2n) is 5.99. The van der Waals surface area contributed by atoms with Gasteiger partial charge in [-0.15, -0.1) is 0 Å². The largest absolute Gasteiger partial charge is 0.298 e. The minimum absolute atomic E-state index is 0.131. The summed E-state index contributed by atoms with van der Waals surface area (Å²) in [5.41, 5.74) is 3.04. The topological polar surface area (TPSA) is 16.1 Å². The average Bonchev–Trinajstić information content (AvgIpc) is 2.83. The maximum absolute atomic E-state index is 13.3. The van der Waals surface area contributed by atoms with Gasteiger partial charge >= 0.3 is 0 Å². The lowest BCUT2D eigenvalue weighted by Gasteiger charge is -2.29. The van der Waals surface area contributed by atoms with Crippen LogP contribution in [-0.4, -0.2) is 29.5 Å². The molecule has 0 saturated carbocycles. The fraction of sp³-hybridized carbons (Fsp3) is 0.278. The maximum Gasteiger partial charge on any atom is 0.123 e. The summed E-state index contributed by atoms with van der Waals surface area (Å²) in [5, 5.41) is 0. The Kier molecular flexibility index (Phi) is 2.89. The number of hydrogen-bond acceptors (Lipinski definition) is 2. The highest BCUT2D eigenvalue weighted by atomic mass is 19.1. The van der Waals surface area contributed by atoms with Crippen molar-refractivity contribution in [1.29, 1.82) is 0 Å². The normalized spacial score (nSPS) is 27.0. The van der Waals surface area contributed by atoms with Crippen molar-refractivity contribution in [3.8, 4) is 11.3 Å². The lowest BCUT2D eigenvalue weighted by atomic mass is 9.79. The van der Waals surface area contributed by atoms with Crippen molar-refractivity contribution >= 4 is 0 Å². The monoisotopic (exact) mass is 280 g/mol. The molecule has 1 aromatic carbocycles. The van der Waals surface area contributed by atoms with Crippen LogP contribution in [0.15, 0.2) is 54.7 Å². The van der Waals surface area contributed by atoms with Gasteiger partial charge in [0.2, 0.25) is 0 Å². The minimum Gasteiger partial charge on any atom is -0.298 e. The van der Waals surface area contributed by atoms with Crippen molar-refractivity contribution in [3.63, 3.8) is 0 Å². The molecule has 1 saturated heterocycles. The molecule has 1 aromatic heterocycles. The zero-order valence-corrected chi connectivity index (χ0v) is 11.8. The Labute approximate surface area is 123 Å². The van der Waals surface area contributed by atoms with Crippen molar-refractivity contribution in [3.05, 3.63) is 66.1 Å². The number of nitrogens with zero attached hydrogens (tertiary/aromatic N) is 2. The third kappa shape index (κ3) is 2.18. The number of pyridine rings is 1. The van der Waals surface area contributed by atoms with E-state index in [4.69, 9.17) is 0 Å². The number of fused-ring (bicyclic) bond motifs is 2. The number of aromatic nitrogens is 1. The predicted octanol–water partition coefficient (Wildman–Crippen LogP) is 3.40. The van der Waals surface area contributed by atoms with Crippen LogP contribution in [0.5, 0.6) is 0 Å². The van der Waals surface area contributed by atoms with E-state index in [1.807, 2.05) is 18.3 Å². The molecule has 2 nitrogen and oxygen atoms in total. The van der Waals surface area contributed by atoms with E-state index in [0.717, 1.165) is 37.3 Å². The molecule has 106 valence electrons. The van der Waals surface area contributed by atoms with Crippen LogP contribution >= 0.6 is 0 Å². The van der Waals surface area contributed by atoms with Crippen molar-refractivity contribution in [2.45, 2.75) is 11.8 Å². The summed E-state index contributed by atoms with van der Waals surface area (Å²) < 4.78 is 13.3. The lowest BCUT2D eigenvalue weighted by molar-refractivity contribution is 0.345. The van der Waals surface area contributed by atoms with Gasteiger partial charge in [0.15, 0.2) is 0 Å². The minimum atomic E-state index is -0.224. The van der Waals surface area contributed by atoms with E-state index in [1.54, 1.807) is 6.07 Å². The van der Waals surface area contributed by atoms with E-state index >= 15 is 0 Å². The molecule has 2 aliphatic rings. The second-order valence-corrected chi connectivity index (χ2v) is 5.99. The van der Waals surface area contributed by atoms with Gasteiger partial charge in [-0.2, -0.15) is 0 Å². The average molecular weight is 280 g/mol. The van der Waals surface area contributed by atoms with E-state index in [2.05, 4.69) is 28.1 Å². The van der Waals surface area contributed by atoms with Crippen LogP contribution in [0.2, 0.25) is 0 Å². The fourth-order valence-corrected chi connectivity index (χ4v) is 3.47. The summed E-state index contributed by atoms with van der Waals surface area (Å²) in [5.74, 6) is -0.224. The summed E-state index contributed by atoms with van der Waals surface area (Å²) in [4.78, 5) is 7.03. The van der Waals surface area contributed by atoms with Crippen LogP contribution in [0.4, 0.5) is 4.39 Å². The van der Waals surface area contributed by atoms with Crippen LogP contribution in [0.25, 0.3) is 11.3 Å². The molecule has 0 spiro atoms. The molecule has 2 atom stereocenters. The highest BCUT2D eigenvalue weighted by molar-refractivity contribution is 5.59. The molecule has 3 heteroatoms. The Bertz CT molecular complexity index is 693. The van der Waals surface area contributed by atoms with Crippen molar-refractivity contribution < 1.29 is 4.39 Å². The zero-order chi connectivity index (χ0) is 14.3. The van der Waals surface area contributed by atoms with Crippen LogP contribution in [-0.2, 0) is 5.41 Å². The van der Waals surface area contributed by atoms with Gasteiger partial charge in [0.25, 0.3) is 0 Å². The van der Waals surface area contributed by atoms with E-state index in [9.17, 15) is 4.39 Å². The van der Waals surface area contributed by atoms with E-state index < -0.39 is 0 Å². The van der Waals surface area contributed by atoms with E-state index in [0.29, 0.717) is 0 Å². The third-order valence-corrected chi connectivity index (χ3v) is 4.64. The first-order valence-electron chi connectivity index (χ1n) is 7.38. The van der Waals surface area contributed by atoms with Crippen LogP contribution in [0.3, 0.4) is 0 Å². The molecule has 0 N–H and O–H groups in total. The third-order valence-electron chi connectivity index (χ3n) is 4.64. The maximum atomic E-state index is 13.3. The molecule has 0 aliphatic carbocycles. The lowest BCUT2D eigenvalue weighted by Crippen LogP contribution is -2.33. The van der Waals surface area contributed by atoms with Gasteiger partial charge in [-0.25, -0.2) is 4.39 Å². The summed E-state index contributed by atoms with van der Waals surface area (Å²) in [6, 6.07) is 10.7. The zero-order valence-electron chi connectivity index (χ0n) is 11.8. The molecule has 1 fully saturated rings. The molecule has 2 unspecified atom stereocenters. The van der Waals surface area contributed by atoms with Gasteiger partial charge in [-0.3, -0.25) is 9.88 Å². The van der Waals surface area contributed by atoms with Gasteiger partial charge in [0.05, 0.1) is 5.69 Å². The van der Waals surface area contributed by atoms with Gasteiger partial charge in [-0.1, -0.05) is 30.4 Å². The Morgan fingerprint density at radius 3 is 2.95 bits per heavy atom. The van der Waals surface area contributed by atoms with Crippen molar-refractivity contribution in [1.82, 2.24) is 9.88 Å².